The number of rotatable bonds is 4. The Labute approximate surface area is 168 Å². The van der Waals surface area contributed by atoms with Gasteiger partial charge in [-0.2, -0.15) is 5.10 Å². The van der Waals surface area contributed by atoms with Crippen LogP contribution in [-0.2, 0) is 0 Å². The molecule has 1 aliphatic rings. The molecule has 1 fully saturated rings. The van der Waals surface area contributed by atoms with E-state index in [1.54, 1.807) is 6.07 Å². The minimum absolute atomic E-state index is 0. The lowest BCUT2D eigenvalue weighted by atomic mass is 9.82. The lowest BCUT2D eigenvalue weighted by molar-refractivity contribution is 0.0120. The number of aromatic amines is 1. The number of aliphatic hydroxyl groups is 1. The number of pyridine rings is 1. The maximum atomic E-state index is 14.7. The van der Waals surface area contributed by atoms with Crippen LogP contribution in [0.25, 0.3) is 22.3 Å². The molecule has 0 saturated carbocycles. The predicted octanol–water partition coefficient (Wildman–Crippen LogP) is 4.75. The van der Waals surface area contributed by atoms with Crippen LogP contribution in [0.3, 0.4) is 0 Å². The maximum Gasteiger partial charge on any atom is 0.151 e. The number of benzene rings is 1. The van der Waals surface area contributed by atoms with E-state index in [1.165, 1.54) is 6.07 Å². The van der Waals surface area contributed by atoms with Gasteiger partial charge in [-0.15, -0.1) is 0 Å². The molecular formula is C22H33FN4O. The maximum absolute atomic E-state index is 14.7. The summed E-state index contributed by atoms with van der Waals surface area (Å²) in [6, 6.07) is 10.9. The van der Waals surface area contributed by atoms with E-state index in [1.807, 2.05) is 24.3 Å². The van der Waals surface area contributed by atoms with Gasteiger partial charge in [-0.1, -0.05) is 32.0 Å². The molecule has 0 bridgehead atoms. The second-order valence-electron chi connectivity index (χ2n) is 8.37. The van der Waals surface area contributed by atoms with Gasteiger partial charge in [0.1, 0.15) is 11.4 Å². The van der Waals surface area contributed by atoms with E-state index in [9.17, 15) is 9.50 Å². The second-order valence-corrected chi connectivity index (χ2v) is 8.37. The monoisotopic (exact) mass is 388 g/mol. The zero-order chi connectivity index (χ0) is 19.7. The molecule has 1 saturated heterocycles. The number of H-pyrrole nitrogens is 1. The highest BCUT2D eigenvalue weighted by molar-refractivity contribution is 5.91. The van der Waals surface area contributed by atoms with E-state index in [0.29, 0.717) is 24.6 Å². The van der Waals surface area contributed by atoms with Crippen molar-refractivity contribution in [1.82, 2.24) is 20.5 Å². The van der Waals surface area contributed by atoms with Crippen molar-refractivity contribution in [3.63, 3.8) is 0 Å². The van der Waals surface area contributed by atoms with Crippen LogP contribution in [0.4, 0.5) is 4.39 Å². The Kier molecular flexibility index (Phi) is 5.17. The SMILES string of the molecule is CC(C)CC1(O)CNCCC(c2ccc(F)c(-c3n[nH]c4ccccc34)n2)C1.[HH].[HH].[HH]. The molecule has 0 amide bonds. The first-order valence-electron chi connectivity index (χ1n) is 9.98. The lowest BCUT2D eigenvalue weighted by Gasteiger charge is -2.31. The summed E-state index contributed by atoms with van der Waals surface area (Å²) in [6.45, 7) is 5.63. The molecule has 0 aliphatic carbocycles. The topological polar surface area (TPSA) is 73.8 Å². The average Bonchev–Trinajstić information content (AvgIpc) is 2.98. The number of hydrogen-bond donors (Lipinski definition) is 3. The number of halogens is 1. The number of para-hydroxylation sites is 1. The van der Waals surface area contributed by atoms with Gasteiger partial charge in [0.15, 0.2) is 5.82 Å². The van der Waals surface area contributed by atoms with Crippen LogP contribution >= 0.6 is 0 Å². The summed E-state index contributed by atoms with van der Waals surface area (Å²) in [6.07, 6.45) is 2.21. The van der Waals surface area contributed by atoms with Crippen molar-refractivity contribution in [3.05, 3.63) is 47.9 Å². The van der Waals surface area contributed by atoms with E-state index < -0.39 is 5.60 Å². The molecule has 1 aliphatic heterocycles. The number of nitrogens with zero attached hydrogens (tertiary/aromatic N) is 2. The summed E-state index contributed by atoms with van der Waals surface area (Å²) in [5.74, 6) is 0.0891. The molecule has 28 heavy (non-hydrogen) atoms. The quantitative estimate of drug-likeness (QED) is 0.603. The molecule has 5 nitrogen and oxygen atoms in total. The Morgan fingerprint density at radius 2 is 2.07 bits per heavy atom. The first kappa shape index (κ1) is 19.0. The molecule has 2 aromatic heterocycles. The smallest absolute Gasteiger partial charge is 0.151 e. The van der Waals surface area contributed by atoms with Crippen molar-refractivity contribution in [2.45, 2.75) is 44.6 Å². The van der Waals surface area contributed by atoms with Crippen molar-refractivity contribution < 1.29 is 13.8 Å². The highest BCUT2D eigenvalue weighted by atomic mass is 19.1. The third-order valence-electron chi connectivity index (χ3n) is 5.52. The molecule has 2 unspecified atom stereocenters. The zero-order valence-electron chi connectivity index (χ0n) is 16.4. The van der Waals surface area contributed by atoms with Crippen LogP contribution < -0.4 is 5.32 Å². The minimum atomic E-state index is -0.773. The molecule has 0 spiro atoms. The molecule has 4 rings (SSSR count). The van der Waals surface area contributed by atoms with Crippen LogP contribution in [0, 0.1) is 11.7 Å². The summed E-state index contributed by atoms with van der Waals surface area (Å²) in [4.78, 5) is 4.68. The Balaban J connectivity index is 0.00000160. The fraction of sp³-hybridized carbons (Fsp3) is 0.455. The predicted molar refractivity (Wildman–Crippen MR) is 115 cm³/mol. The first-order chi connectivity index (χ1) is 13.5. The summed E-state index contributed by atoms with van der Waals surface area (Å²) < 4.78 is 14.7. The number of nitrogens with one attached hydrogen (secondary N) is 2. The molecule has 154 valence electrons. The van der Waals surface area contributed by atoms with Gasteiger partial charge in [-0.25, -0.2) is 9.37 Å². The Morgan fingerprint density at radius 3 is 2.89 bits per heavy atom. The van der Waals surface area contributed by atoms with Gasteiger partial charge in [0.05, 0.1) is 11.1 Å². The van der Waals surface area contributed by atoms with Crippen LogP contribution in [0.2, 0.25) is 0 Å². The van der Waals surface area contributed by atoms with Crippen molar-refractivity contribution in [2.24, 2.45) is 5.92 Å². The number of fused-ring (bicyclic) bond motifs is 1. The molecule has 1 aromatic carbocycles. The summed E-state index contributed by atoms with van der Waals surface area (Å²) in [5, 5.41) is 22.6. The molecule has 3 N–H and O–H groups in total. The fourth-order valence-electron chi connectivity index (χ4n) is 4.39. The molecule has 3 heterocycles. The van der Waals surface area contributed by atoms with Gasteiger partial charge >= 0.3 is 0 Å². The molecule has 3 aromatic rings. The molecule has 2 atom stereocenters. The number of aromatic nitrogens is 3. The summed E-state index contributed by atoms with van der Waals surface area (Å²) in [7, 11) is 0. The molecule has 0 radical (unpaired) electrons. The van der Waals surface area contributed by atoms with Crippen molar-refractivity contribution in [1.29, 1.82) is 0 Å². The van der Waals surface area contributed by atoms with Crippen LogP contribution in [-0.4, -0.2) is 39.0 Å². The fourth-order valence-corrected chi connectivity index (χ4v) is 4.39. The van der Waals surface area contributed by atoms with Crippen molar-refractivity contribution in [2.75, 3.05) is 13.1 Å². The largest absolute Gasteiger partial charge is 0.389 e. The van der Waals surface area contributed by atoms with Gasteiger partial charge in [0, 0.05) is 27.8 Å². The van der Waals surface area contributed by atoms with Crippen LogP contribution in [0.1, 0.15) is 49.0 Å². The minimum Gasteiger partial charge on any atom is -0.389 e. The van der Waals surface area contributed by atoms with E-state index in [-0.39, 0.29) is 21.7 Å². The Morgan fingerprint density at radius 1 is 1.25 bits per heavy atom. The Bertz CT molecular complexity index is 984. The van der Waals surface area contributed by atoms with Gasteiger partial charge in [-0.05, 0) is 49.9 Å². The average molecular weight is 389 g/mol. The van der Waals surface area contributed by atoms with E-state index in [2.05, 4.69) is 34.3 Å². The highest BCUT2D eigenvalue weighted by Crippen LogP contribution is 2.35. The number of hydrogen-bond acceptors (Lipinski definition) is 4. The molecule has 6 heteroatoms. The molecular weight excluding hydrogens is 355 g/mol. The summed E-state index contributed by atoms with van der Waals surface area (Å²) in [5.41, 5.74) is 1.69. The first-order valence-corrected chi connectivity index (χ1v) is 9.98. The van der Waals surface area contributed by atoms with Crippen LogP contribution in [0.5, 0.6) is 0 Å². The summed E-state index contributed by atoms with van der Waals surface area (Å²) >= 11 is 0. The highest BCUT2D eigenvalue weighted by Gasteiger charge is 2.34. The Hall–Kier alpha value is -2.31. The van der Waals surface area contributed by atoms with Crippen molar-refractivity contribution >= 4 is 10.9 Å². The van der Waals surface area contributed by atoms with Crippen molar-refractivity contribution in [3.8, 4) is 11.4 Å². The van der Waals surface area contributed by atoms with E-state index in [0.717, 1.165) is 36.0 Å². The normalized spacial score (nSPS) is 23.2. The van der Waals surface area contributed by atoms with E-state index in [4.69, 9.17) is 0 Å². The number of β-amino-alcohol motifs (C(OH)–C–C–N with tert-alkyl or cyclic N) is 1. The van der Waals surface area contributed by atoms with Crippen LogP contribution in [0.15, 0.2) is 36.4 Å². The lowest BCUT2D eigenvalue weighted by Crippen LogP contribution is -2.40. The van der Waals surface area contributed by atoms with Gasteiger partial charge in [-0.3, -0.25) is 5.10 Å². The van der Waals surface area contributed by atoms with Gasteiger partial charge < -0.3 is 10.4 Å². The van der Waals surface area contributed by atoms with E-state index >= 15 is 0 Å². The third-order valence-corrected chi connectivity index (χ3v) is 5.52. The standard InChI is InChI=1S/C22H27FN4O.3H2/c1-14(2)11-22(28)12-15(9-10-24-13-22)18-8-7-17(23)21(25-18)20-16-5-3-4-6-19(16)26-27-20;;;/h3-8,14-15,24,28H,9-13H2,1-2H3,(H,26,27);3*1H. The van der Waals surface area contributed by atoms with Gasteiger partial charge in [0.2, 0.25) is 0 Å². The van der Waals surface area contributed by atoms with Gasteiger partial charge in [0.25, 0.3) is 0 Å². The third kappa shape index (κ3) is 3.80. The zero-order valence-corrected chi connectivity index (χ0v) is 16.4. The second kappa shape index (κ2) is 7.60.